The van der Waals surface area contributed by atoms with E-state index in [-0.39, 0.29) is 13.2 Å². The Morgan fingerprint density at radius 1 is 0.684 bits per heavy atom. The predicted molar refractivity (Wildman–Crippen MR) is 66.0 cm³/mol. The molecule has 1 saturated heterocycles. The molecule has 0 spiro atoms. The van der Waals surface area contributed by atoms with Gasteiger partial charge in [-0.05, 0) is 0 Å². The second-order valence-electron chi connectivity index (χ2n) is 4.38. The van der Waals surface area contributed by atoms with E-state index >= 15 is 0 Å². The lowest BCUT2D eigenvalue weighted by Gasteiger charge is -2.33. The van der Waals surface area contributed by atoms with Crippen molar-refractivity contribution in [2.75, 3.05) is 41.7 Å². The van der Waals surface area contributed by atoms with Crippen LogP contribution in [0.3, 0.4) is 0 Å². The maximum Gasteiger partial charge on any atom is 0.115 e. The zero-order valence-electron chi connectivity index (χ0n) is 11.8. The van der Waals surface area contributed by atoms with Crippen molar-refractivity contribution >= 4 is 0 Å². The molecule has 6 atom stereocenters. The SMILES string of the molecule is CO[C@@H]1[C@H](OC)[C@@H](OC)[C@@H](CO)O[C@@H](CO)[C@H]1OC. The van der Waals surface area contributed by atoms with Gasteiger partial charge in [0.25, 0.3) is 0 Å². The molecule has 0 unspecified atom stereocenters. The van der Waals surface area contributed by atoms with Gasteiger partial charge < -0.3 is 33.9 Å². The molecule has 114 valence electrons. The molecule has 0 aromatic rings. The lowest BCUT2D eigenvalue weighted by Crippen LogP contribution is -2.51. The summed E-state index contributed by atoms with van der Waals surface area (Å²) in [6.07, 6.45) is -3.24. The second kappa shape index (κ2) is 8.11. The first-order valence-corrected chi connectivity index (χ1v) is 6.16. The second-order valence-corrected chi connectivity index (χ2v) is 4.38. The van der Waals surface area contributed by atoms with Gasteiger partial charge in [-0.15, -0.1) is 0 Å². The van der Waals surface area contributed by atoms with Crippen LogP contribution in [0, 0.1) is 0 Å². The highest BCUT2D eigenvalue weighted by atomic mass is 16.6. The minimum atomic E-state index is -0.620. The first-order chi connectivity index (χ1) is 9.18. The van der Waals surface area contributed by atoms with Gasteiger partial charge in [-0.3, -0.25) is 0 Å². The van der Waals surface area contributed by atoms with Gasteiger partial charge in [-0.1, -0.05) is 0 Å². The molecule has 7 nitrogen and oxygen atoms in total. The van der Waals surface area contributed by atoms with E-state index in [0.29, 0.717) is 0 Å². The highest BCUT2D eigenvalue weighted by Crippen LogP contribution is 2.27. The van der Waals surface area contributed by atoms with E-state index in [1.54, 1.807) is 0 Å². The van der Waals surface area contributed by atoms with Gasteiger partial charge >= 0.3 is 0 Å². The minimum absolute atomic E-state index is 0.248. The van der Waals surface area contributed by atoms with Crippen LogP contribution in [-0.4, -0.2) is 88.5 Å². The zero-order valence-corrected chi connectivity index (χ0v) is 11.8. The van der Waals surface area contributed by atoms with Crippen LogP contribution in [0.2, 0.25) is 0 Å². The van der Waals surface area contributed by atoms with E-state index in [4.69, 9.17) is 23.7 Å². The maximum absolute atomic E-state index is 9.44. The Morgan fingerprint density at radius 2 is 1.00 bits per heavy atom. The Morgan fingerprint density at radius 3 is 1.21 bits per heavy atom. The summed E-state index contributed by atoms with van der Waals surface area (Å²) in [6, 6.07) is 0. The first kappa shape index (κ1) is 16.8. The van der Waals surface area contributed by atoms with E-state index in [1.165, 1.54) is 28.4 Å². The fourth-order valence-corrected chi connectivity index (χ4v) is 2.58. The molecule has 7 heteroatoms. The molecule has 1 rings (SSSR count). The third-order valence-corrected chi connectivity index (χ3v) is 3.50. The molecule has 1 aliphatic rings. The van der Waals surface area contributed by atoms with Crippen molar-refractivity contribution in [3.05, 3.63) is 0 Å². The molecule has 2 N–H and O–H groups in total. The number of rotatable bonds is 6. The molecule has 0 aromatic heterocycles. The standard InChI is InChI=1S/C12H24O7/c1-15-9-7(5-13)19-8(6-14)10(16-2)12(18-4)11(9)17-3/h7-14H,5-6H2,1-4H3/t7-,8+,9+,10-,11-,12+. The van der Waals surface area contributed by atoms with Crippen LogP contribution in [0.25, 0.3) is 0 Å². The normalized spacial score (nSPS) is 40.1. The van der Waals surface area contributed by atoms with Crippen molar-refractivity contribution in [2.24, 2.45) is 0 Å². The van der Waals surface area contributed by atoms with Gasteiger partial charge in [-0.25, -0.2) is 0 Å². The van der Waals surface area contributed by atoms with Gasteiger partial charge in [0.2, 0.25) is 0 Å². The lowest BCUT2D eigenvalue weighted by atomic mass is 9.98. The fraction of sp³-hybridized carbons (Fsp3) is 1.00. The first-order valence-electron chi connectivity index (χ1n) is 6.16. The third kappa shape index (κ3) is 3.43. The van der Waals surface area contributed by atoms with Gasteiger partial charge in [0.1, 0.15) is 36.6 Å². The van der Waals surface area contributed by atoms with E-state index in [2.05, 4.69) is 0 Å². The Labute approximate surface area is 113 Å². The molecule has 0 aliphatic carbocycles. The van der Waals surface area contributed by atoms with Gasteiger partial charge in [0.05, 0.1) is 13.2 Å². The minimum Gasteiger partial charge on any atom is -0.394 e. The highest BCUT2D eigenvalue weighted by molar-refractivity contribution is 4.96. The molecule has 0 saturated carbocycles. The van der Waals surface area contributed by atoms with Crippen molar-refractivity contribution in [3.63, 3.8) is 0 Å². The molecule has 0 radical (unpaired) electrons. The molecular weight excluding hydrogens is 256 g/mol. The summed E-state index contributed by atoms with van der Waals surface area (Å²) in [4.78, 5) is 0. The molecule has 19 heavy (non-hydrogen) atoms. The van der Waals surface area contributed by atoms with Crippen LogP contribution in [0.5, 0.6) is 0 Å². The molecule has 1 aliphatic heterocycles. The van der Waals surface area contributed by atoms with Crippen molar-refractivity contribution in [1.29, 1.82) is 0 Å². The quantitative estimate of drug-likeness (QED) is 0.632. The van der Waals surface area contributed by atoms with Crippen LogP contribution in [0.1, 0.15) is 0 Å². The summed E-state index contributed by atoms with van der Waals surface area (Å²) in [5.74, 6) is 0. The van der Waals surface area contributed by atoms with Crippen molar-refractivity contribution < 1.29 is 33.9 Å². The molecule has 0 aromatic carbocycles. The van der Waals surface area contributed by atoms with Crippen LogP contribution in [-0.2, 0) is 23.7 Å². The van der Waals surface area contributed by atoms with Crippen molar-refractivity contribution in [2.45, 2.75) is 36.6 Å². The largest absolute Gasteiger partial charge is 0.394 e. The zero-order chi connectivity index (χ0) is 14.4. The van der Waals surface area contributed by atoms with Crippen LogP contribution < -0.4 is 0 Å². The Balaban J connectivity index is 3.10. The summed E-state index contributed by atoms with van der Waals surface area (Å²) in [5, 5.41) is 18.9. The van der Waals surface area contributed by atoms with E-state index in [9.17, 15) is 10.2 Å². The highest BCUT2D eigenvalue weighted by Gasteiger charge is 2.47. The van der Waals surface area contributed by atoms with E-state index in [0.717, 1.165) is 0 Å². The van der Waals surface area contributed by atoms with Gasteiger partial charge in [0, 0.05) is 28.4 Å². The van der Waals surface area contributed by atoms with Crippen molar-refractivity contribution in [1.82, 2.24) is 0 Å². The monoisotopic (exact) mass is 280 g/mol. The Hall–Kier alpha value is -0.280. The van der Waals surface area contributed by atoms with Gasteiger partial charge in [0.15, 0.2) is 0 Å². The van der Waals surface area contributed by atoms with Crippen LogP contribution in [0.4, 0.5) is 0 Å². The van der Waals surface area contributed by atoms with E-state index < -0.39 is 36.6 Å². The molecular formula is C12H24O7. The Bertz CT molecular complexity index is 226. The number of hydrogen-bond acceptors (Lipinski definition) is 7. The number of hydrogen-bond donors (Lipinski definition) is 2. The van der Waals surface area contributed by atoms with Crippen LogP contribution >= 0.6 is 0 Å². The average molecular weight is 280 g/mol. The topological polar surface area (TPSA) is 86.6 Å². The van der Waals surface area contributed by atoms with Gasteiger partial charge in [-0.2, -0.15) is 0 Å². The molecule has 0 bridgehead atoms. The smallest absolute Gasteiger partial charge is 0.115 e. The number of ether oxygens (including phenoxy) is 5. The average Bonchev–Trinajstić information content (AvgIpc) is 2.58. The summed E-state index contributed by atoms with van der Waals surface area (Å²) in [7, 11) is 6.08. The summed E-state index contributed by atoms with van der Waals surface area (Å²) in [5.41, 5.74) is 0. The maximum atomic E-state index is 9.44. The number of aliphatic hydroxyl groups excluding tert-OH is 2. The molecule has 1 heterocycles. The lowest BCUT2D eigenvalue weighted by molar-refractivity contribution is -0.147. The van der Waals surface area contributed by atoms with E-state index in [1.807, 2.05) is 0 Å². The number of aliphatic hydroxyl groups is 2. The summed E-state index contributed by atoms with van der Waals surface area (Å²) < 4.78 is 27.3. The predicted octanol–water partition coefficient (Wildman–Crippen LogP) is -1.20. The number of methoxy groups -OCH3 is 4. The fourth-order valence-electron chi connectivity index (χ4n) is 2.58. The van der Waals surface area contributed by atoms with Crippen LogP contribution in [0.15, 0.2) is 0 Å². The molecule has 1 fully saturated rings. The van der Waals surface area contributed by atoms with Crippen molar-refractivity contribution in [3.8, 4) is 0 Å². The Kier molecular flexibility index (Phi) is 7.16. The third-order valence-electron chi connectivity index (χ3n) is 3.50. The molecule has 0 amide bonds. The summed E-state index contributed by atoms with van der Waals surface area (Å²) >= 11 is 0. The summed E-state index contributed by atoms with van der Waals surface area (Å²) in [6.45, 7) is -0.497.